The smallest absolute Gasteiger partial charge is 0.123 e. The molecule has 0 heterocycles. The van der Waals surface area contributed by atoms with E-state index in [0.29, 0.717) is 5.92 Å². The fourth-order valence-electron chi connectivity index (χ4n) is 1.28. The van der Waals surface area contributed by atoms with Crippen molar-refractivity contribution in [2.45, 2.75) is 33.1 Å². The summed E-state index contributed by atoms with van der Waals surface area (Å²) in [6.45, 7) is 6.16. The second-order valence-corrected chi connectivity index (χ2v) is 3.37. The molecule has 0 spiro atoms. The highest BCUT2D eigenvalue weighted by atomic mass is 19.1. The summed E-state index contributed by atoms with van der Waals surface area (Å²) in [6.07, 6.45) is 1.06. The molecular weight excluding hydrogens is 151 g/mol. The van der Waals surface area contributed by atoms with E-state index in [-0.39, 0.29) is 5.82 Å². The second kappa shape index (κ2) is 3.70. The number of hydrogen-bond acceptors (Lipinski definition) is 0. The number of hydrogen-bond donors (Lipinski definition) is 0. The molecule has 0 saturated heterocycles. The lowest BCUT2D eigenvalue weighted by Gasteiger charge is -2.09. The van der Waals surface area contributed by atoms with Crippen LogP contribution in [0.4, 0.5) is 4.39 Å². The molecule has 0 amide bonds. The van der Waals surface area contributed by atoms with Crippen molar-refractivity contribution < 1.29 is 4.39 Å². The highest BCUT2D eigenvalue weighted by Gasteiger charge is 2.04. The van der Waals surface area contributed by atoms with Gasteiger partial charge < -0.3 is 0 Å². The van der Waals surface area contributed by atoms with Gasteiger partial charge in [-0.2, -0.15) is 0 Å². The summed E-state index contributed by atoms with van der Waals surface area (Å²) in [6, 6.07) is 5.24. The average molecular weight is 166 g/mol. The molecule has 0 saturated carbocycles. The Kier molecular flexibility index (Phi) is 2.85. The molecule has 1 heteroatoms. The molecular formula is C11H15F. The van der Waals surface area contributed by atoms with Gasteiger partial charge in [-0.25, -0.2) is 4.39 Å². The predicted molar refractivity (Wildman–Crippen MR) is 49.8 cm³/mol. The zero-order valence-corrected chi connectivity index (χ0v) is 7.89. The Morgan fingerprint density at radius 3 is 2.50 bits per heavy atom. The minimum absolute atomic E-state index is 0.120. The predicted octanol–water partition coefficient (Wildman–Crippen LogP) is 3.65. The van der Waals surface area contributed by atoms with Crippen LogP contribution in [0.1, 0.15) is 37.3 Å². The van der Waals surface area contributed by atoms with Gasteiger partial charge in [-0.1, -0.05) is 19.9 Å². The van der Waals surface area contributed by atoms with Crippen LogP contribution in [0.15, 0.2) is 18.2 Å². The maximum atomic E-state index is 12.9. The summed E-state index contributed by atoms with van der Waals surface area (Å²) in [5.41, 5.74) is 2.11. The Balaban J connectivity index is 3.00. The lowest BCUT2D eigenvalue weighted by Crippen LogP contribution is -1.93. The van der Waals surface area contributed by atoms with Gasteiger partial charge in [-0.15, -0.1) is 0 Å². The first-order valence-electron chi connectivity index (χ1n) is 4.40. The van der Waals surface area contributed by atoms with E-state index in [4.69, 9.17) is 0 Å². The van der Waals surface area contributed by atoms with Crippen molar-refractivity contribution >= 4 is 0 Å². The van der Waals surface area contributed by atoms with Crippen LogP contribution in [0.25, 0.3) is 0 Å². The van der Waals surface area contributed by atoms with E-state index in [2.05, 4.69) is 19.9 Å². The summed E-state index contributed by atoms with van der Waals surface area (Å²) in [7, 11) is 0. The van der Waals surface area contributed by atoms with Crippen LogP contribution in [-0.4, -0.2) is 0 Å². The fraction of sp³-hybridized carbons (Fsp3) is 0.455. The topological polar surface area (TPSA) is 0 Å². The monoisotopic (exact) mass is 166 g/mol. The van der Waals surface area contributed by atoms with Crippen molar-refractivity contribution in [1.29, 1.82) is 0 Å². The molecule has 12 heavy (non-hydrogen) atoms. The Hall–Kier alpha value is -0.850. The van der Waals surface area contributed by atoms with Crippen molar-refractivity contribution in [3.63, 3.8) is 0 Å². The molecule has 0 radical (unpaired) electrons. The molecule has 0 nitrogen and oxygen atoms in total. The molecule has 1 atom stereocenters. The molecule has 0 aliphatic carbocycles. The molecule has 0 bridgehead atoms. The van der Waals surface area contributed by atoms with Crippen LogP contribution < -0.4 is 0 Å². The summed E-state index contributed by atoms with van der Waals surface area (Å²) in [4.78, 5) is 0. The zero-order chi connectivity index (χ0) is 9.14. The van der Waals surface area contributed by atoms with Gasteiger partial charge >= 0.3 is 0 Å². The van der Waals surface area contributed by atoms with Gasteiger partial charge in [0.25, 0.3) is 0 Å². The standard InChI is InChI=1S/C11H15F/c1-4-9(3)10-5-8(2)6-11(12)7-10/h5-7,9H,4H2,1-3H3/t9-/m0/s1. The lowest BCUT2D eigenvalue weighted by molar-refractivity contribution is 0.618. The van der Waals surface area contributed by atoms with E-state index in [1.807, 2.05) is 6.92 Å². The van der Waals surface area contributed by atoms with Crippen LogP contribution in [0.5, 0.6) is 0 Å². The first kappa shape index (κ1) is 9.24. The minimum Gasteiger partial charge on any atom is -0.207 e. The number of halogens is 1. The first-order valence-corrected chi connectivity index (χ1v) is 4.40. The van der Waals surface area contributed by atoms with E-state index in [1.165, 1.54) is 0 Å². The van der Waals surface area contributed by atoms with E-state index in [1.54, 1.807) is 12.1 Å². The molecule has 1 rings (SSSR count). The highest BCUT2D eigenvalue weighted by molar-refractivity contribution is 5.26. The van der Waals surface area contributed by atoms with Crippen molar-refractivity contribution in [2.75, 3.05) is 0 Å². The Labute approximate surface area is 73.4 Å². The van der Waals surface area contributed by atoms with E-state index in [9.17, 15) is 4.39 Å². The maximum Gasteiger partial charge on any atom is 0.123 e. The van der Waals surface area contributed by atoms with Crippen LogP contribution in [-0.2, 0) is 0 Å². The van der Waals surface area contributed by atoms with Crippen molar-refractivity contribution in [2.24, 2.45) is 0 Å². The minimum atomic E-state index is -0.120. The SMILES string of the molecule is CC[C@H](C)c1cc(C)cc(F)c1. The number of aryl methyl sites for hydroxylation is 1. The Morgan fingerprint density at radius 2 is 2.00 bits per heavy atom. The highest BCUT2D eigenvalue weighted by Crippen LogP contribution is 2.20. The summed E-state index contributed by atoms with van der Waals surface area (Å²) < 4.78 is 12.9. The third-order valence-corrected chi connectivity index (χ3v) is 2.25. The molecule has 0 aliphatic heterocycles. The third-order valence-electron chi connectivity index (χ3n) is 2.25. The van der Waals surface area contributed by atoms with Crippen molar-refractivity contribution in [3.8, 4) is 0 Å². The number of rotatable bonds is 2. The molecule has 0 N–H and O–H groups in total. The Bertz CT molecular complexity index is 245. The first-order chi connectivity index (χ1) is 5.63. The molecule has 66 valence electrons. The average Bonchev–Trinajstić information content (AvgIpc) is 2.01. The van der Waals surface area contributed by atoms with Gasteiger partial charge in [0.2, 0.25) is 0 Å². The van der Waals surface area contributed by atoms with Gasteiger partial charge in [0.05, 0.1) is 0 Å². The third kappa shape index (κ3) is 2.07. The molecule has 0 fully saturated rings. The van der Waals surface area contributed by atoms with Crippen LogP contribution in [0.2, 0.25) is 0 Å². The van der Waals surface area contributed by atoms with E-state index < -0.39 is 0 Å². The molecule has 0 aliphatic rings. The van der Waals surface area contributed by atoms with Gasteiger partial charge in [0, 0.05) is 0 Å². The molecule has 1 aromatic rings. The van der Waals surface area contributed by atoms with Gasteiger partial charge in [-0.3, -0.25) is 0 Å². The summed E-state index contributed by atoms with van der Waals surface area (Å²) >= 11 is 0. The van der Waals surface area contributed by atoms with Crippen LogP contribution >= 0.6 is 0 Å². The zero-order valence-electron chi connectivity index (χ0n) is 7.89. The van der Waals surface area contributed by atoms with E-state index in [0.717, 1.165) is 17.5 Å². The molecule has 1 aromatic carbocycles. The quantitative estimate of drug-likeness (QED) is 0.629. The van der Waals surface area contributed by atoms with Crippen LogP contribution in [0, 0.1) is 12.7 Å². The molecule has 0 aromatic heterocycles. The van der Waals surface area contributed by atoms with Gasteiger partial charge in [-0.05, 0) is 42.5 Å². The van der Waals surface area contributed by atoms with Gasteiger partial charge in [0.1, 0.15) is 5.82 Å². The van der Waals surface area contributed by atoms with Crippen molar-refractivity contribution in [1.82, 2.24) is 0 Å². The van der Waals surface area contributed by atoms with Gasteiger partial charge in [0.15, 0.2) is 0 Å². The fourth-order valence-corrected chi connectivity index (χ4v) is 1.28. The summed E-state index contributed by atoms with van der Waals surface area (Å²) in [5, 5.41) is 0. The lowest BCUT2D eigenvalue weighted by atomic mass is 9.97. The number of benzene rings is 1. The largest absolute Gasteiger partial charge is 0.207 e. The Morgan fingerprint density at radius 1 is 1.33 bits per heavy atom. The van der Waals surface area contributed by atoms with E-state index >= 15 is 0 Å². The van der Waals surface area contributed by atoms with Crippen LogP contribution in [0.3, 0.4) is 0 Å². The maximum absolute atomic E-state index is 12.9. The molecule has 0 unspecified atom stereocenters. The second-order valence-electron chi connectivity index (χ2n) is 3.37. The normalized spacial score (nSPS) is 13.0. The summed E-state index contributed by atoms with van der Waals surface area (Å²) in [5.74, 6) is 0.338. The van der Waals surface area contributed by atoms with Crippen molar-refractivity contribution in [3.05, 3.63) is 35.1 Å².